The SMILES string of the molecule is O=C(NCCc1nc2ccccc2s1)C1CCOCC1. The van der Waals surface area contributed by atoms with Crippen molar-refractivity contribution in [1.29, 1.82) is 0 Å². The summed E-state index contributed by atoms with van der Waals surface area (Å²) in [6.07, 6.45) is 2.48. The third kappa shape index (κ3) is 3.16. The maximum atomic E-state index is 12.0. The van der Waals surface area contributed by atoms with Crippen LogP contribution in [0.1, 0.15) is 17.8 Å². The van der Waals surface area contributed by atoms with Crippen molar-refractivity contribution in [3.63, 3.8) is 0 Å². The maximum absolute atomic E-state index is 12.0. The summed E-state index contributed by atoms with van der Waals surface area (Å²) in [5.41, 5.74) is 1.04. The Morgan fingerprint density at radius 1 is 1.35 bits per heavy atom. The minimum atomic E-state index is 0.124. The number of carbonyl (C=O) groups is 1. The van der Waals surface area contributed by atoms with Crippen LogP contribution in [-0.2, 0) is 16.0 Å². The van der Waals surface area contributed by atoms with Crippen LogP contribution in [0.3, 0.4) is 0 Å². The van der Waals surface area contributed by atoms with E-state index >= 15 is 0 Å². The fourth-order valence-electron chi connectivity index (χ4n) is 2.42. The van der Waals surface area contributed by atoms with Crippen LogP contribution in [0.25, 0.3) is 10.2 Å². The molecule has 3 rings (SSSR count). The molecule has 1 saturated heterocycles. The lowest BCUT2D eigenvalue weighted by Crippen LogP contribution is -2.35. The van der Waals surface area contributed by atoms with Crippen molar-refractivity contribution in [2.24, 2.45) is 5.92 Å². The number of rotatable bonds is 4. The fourth-order valence-corrected chi connectivity index (χ4v) is 3.39. The molecule has 0 saturated carbocycles. The second kappa shape index (κ2) is 6.33. The first kappa shape index (κ1) is 13.5. The van der Waals surface area contributed by atoms with Gasteiger partial charge in [-0.1, -0.05) is 12.1 Å². The lowest BCUT2D eigenvalue weighted by atomic mass is 9.99. The Labute approximate surface area is 122 Å². The molecule has 5 heteroatoms. The molecular formula is C15H18N2O2S. The molecule has 0 aliphatic carbocycles. The van der Waals surface area contributed by atoms with Crippen molar-refractivity contribution < 1.29 is 9.53 Å². The number of amides is 1. The lowest BCUT2D eigenvalue weighted by molar-refractivity contribution is -0.127. The quantitative estimate of drug-likeness (QED) is 0.940. The first-order chi connectivity index (χ1) is 9.83. The topological polar surface area (TPSA) is 51.2 Å². The van der Waals surface area contributed by atoms with E-state index in [2.05, 4.69) is 16.4 Å². The Hall–Kier alpha value is -1.46. The summed E-state index contributed by atoms with van der Waals surface area (Å²) >= 11 is 1.70. The molecule has 1 aromatic carbocycles. The van der Waals surface area contributed by atoms with Gasteiger partial charge in [-0.2, -0.15) is 0 Å². The molecule has 0 atom stereocenters. The summed E-state index contributed by atoms with van der Waals surface area (Å²) in [6.45, 7) is 2.07. The van der Waals surface area contributed by atoms with E-state index in [-0.39, 0.29) is 11.8 Å². The Kier molecular flexibility index (Phi) is 4.28. The molecule has 2 aromatic rings. The van der Waals surface area contributed by atoms with Gasteiger partial charge in [0.25, 0.3) is 0 Å². The van der Waals surface area contributed by atoms with Crippen molar-refractivity contribution in [2.75, 3.05) is 19.8 Å². The highest BCUT2D eigenvalue weighted by Gasteiger charge is 2.20. The first-order valence-electron chi connectivity index (χ1n) is 7.03. The normalized spacial score (nSPS) is 16.4. The van der Waals surface area contributed by atoms with Gasteiger partial charge in [0, 0.05) is 32.1 Å². The average molecular weight is 290 g/mol. The van der Waals surface area contributed by atoms with Gasteiger partial charge in [-0.25, -0.2) is 4.98 Å². The van der Waals surface area contributed by atoms with E-state index in [0.29, 0.717) is 19.8 Å². The number of fused-ring (bicyclic) bond motifs is 1. The Bertz CT molecular complexity index is 557. The van der Waals surface area contributed by atoms with Gasteiger partial charge in [0.2, 0.25) is 5.91 Å². The van der Waals surface area contributed by atoms with Crippen molar-refractivity contribution >= 4 is 27.5 Å². The molecule has 1 amide bonds. The van der Waals surface area contributed by atoms with E-state index in [9.17, 15) is 4.79 Å². The molecule has 2 heterocycles. The van der Waals surface area contributed by atoms with Gasteiger partial charge >= 0.3 is 0 Å². The second-order valence-corrected chi connectivity index (χ2v) is 6.12. The molecular weight excluding hydrogens is 272 g/mol. The minimum Gasteiger partial charge on any atom is -0.381 e. The number of para-hydroxylation sites is 1. The van der Waals surface area contributed by atoms with E-state index in [4.69, 9.17) is 4.74 Å². The lowest BCUT2D eigenvalue weighted by Gasteiger charge is -2.21. The number of ether oxygens (including phenoxy) is 1. The smallest absolute Gasteiger partial charge is 0.223 e. The molecule has 20 heavy (non-hydrogen) atoms. The third-order valence-corrected chi connectivity index (χ3v) is 4.66. The number of benzene rings is 1. The molecule has 1 aliphatic heterocycles. The molecule has 4 nitrogen and oxygen atoms in total. The molecule has 1 fully saturated rings. The highest BCUT2D eigenvalue weighted by Crippen LogP contribution is 2.21. The summed E-state index contributed by atoms with van der Waals surface area (Å²) in [7, 11) is 0. The van der Waals surface area contributed by atoms with E-state index in [1.165, 1.54) is 4.70 Å². The zero-order valence-corrected chi connectivity index (χ0v) is 12.1. The number of hydrogen-bond donors (Lipinski definition) is 1. The van der Waals surface area contributed by atoms with Crippen LogP contribution in [0.4, 0.5) is 0 Å². The largest absolute Gasteiger partial charge is 0.381 e. The monoisotopic (exact) mass is 290 g/mol. The van der Waals surface area contributed by atoms with Crippen LogP contribution in [0.15, 0.2) is 24.3 Å². The third-order valence-electron chi connectivity index (χ3n) is 3.57. The second-order valence-electron chi connectivity index (χ2n) is 5.00. The van der Waals surface area contributed by atoms with Gasteiger partial charge in [0.05, 0.1) is 15.2 Å². The molecule has 0 bridgehead atoms. The van der Waals surface area contributed by atoms with E-state index in [0.717, 1.165) is 29.8 Å². The van der Waals surface area contributed by atoms with Crippen molar-refractivity contribution in [3.05, 3.63) is 29.3 Å². The van der Waals surface area contributed by atoms with Gasteiger partial charge in [-0.05, 0) is 25.0 Å². The zero-order valence-electron chi connectivity index (χ0n) is 11.3. The van der Waals surface area contributed by atoms with Crippen molar-refractivity contribution in [3.8, 4) is 0 Å². The van der Waals surface area contributed by atoms with E-state index in [1.807, 2.05) is 18.2 Å². The number of aromatic nitrogens is 1. The van der Waals surface area contributed by atoms with Gasteiger partial charge in [0.15, 0.2) is 0 Å². The Morgan fingerprint density at radius 2 is 2.15 bits per heavy atom. The number of thiazole rings is 1. The Balaban J connectivity index is 1.50. The van der Waals surface area contributed by atoms with Gasteiger partial charge < -0.3 is 10.1 Å². The highest BCUT2D eigenvalue weighted by molar-refractivity contribution is 7.18. The van der Waals surface area contributed by atoms with Crippen molar-refractivity contribution in [2.45, 2.75) is 19.3 Å². The predicted molar refractivity (Wildman–Crippen MR) is 79.9 cm³/mol. The number of carbonyl (C=O) groups excluding carboxylic acids is 1. The number of hydrogen-bond acceptors (Lipinski definition) is 4. The minimum absolute atomic E-state index is 0.124. The number of nitrogens with zero attached hydrogens (tertiary/aromatic N) is 1. The van der Waals surface area contributed by atoms with Crippen LogP contribution in [0.5, 0.6) is 0 Å². The average Bonchev–Trinajstić information content (AvgIpc) is 2.90. The summed E-state index contributed by atoms with van der Waals surface area (Å²) in [5.74, 6) is 0.286. The van der Waals surface area contributed by atoms with Gasteiger partial charge in [-0.15, -0.1) is 11.3 Å². The van der Waals surface area contributed by atoms with E-state index < -0.39 is 0 Å². The summed E-state index contributed by atoms with van der Waals surface area (Å²) < 4.78 is 6.48. The molecule has 1 aromatic heterocycles. The van der Waals surface area contributed by atoms with Crippen molar-refractivity contribution in [1.82, 2.24) is 10.3 Å². The molecule has 1 aliphatic rings. The summed E-state index contributed by atoms with van der Waals surface area (Å²) in [4.78, 5) is 16.5. The molecule has 0 radical (unpaired) electrons. The highest BCUT2D eigenvalue weighted by atomic mass is 32.1. The van der Waals surface area contributed by atoms with Gasteiger partial charge in [-0.3, -0.25) is 4.79 Å². The fraction of sp³-hybridized carbons (Fsp3) is 0.467. The van der Waals surface area contributed by atoms with Crippen LogP contribution in [0.2, 0.25) is 0 Å². The summed E-state index contributed by atoms with van der Waals surface area (Å²) in [5, 5.41) is 4.10. The maximum Gasteiger partial charge on any atom is 0.223 e. The molecule has 0 unspecified atom stereocenters. The predicted octanol–water partition coefficient (Wildman–Crippen LogP) is 2.38. The Morgan fingerprint density at radius 3 is 2.95 bits per heavy atom. The number of nitrogens with one attached hydrogen (secondary N) is 1. The van der Waals surface area contributed by atoms with Crippen LogP contribution in [-0.4, -0.2) is 30.6 Å². The standard InChI is InChI=1S/C15H18N2O2S/c18-15(11-6-9-19-10-7-11)16-8-5-14-17-12-3-1-2-4-13(12)20-14/h1-4,11H,5-10H2,(H,16,18). The summed E-state index contributed by atoms with van der Waals surface area (Å²) in [6, 6.07) is 8.13. The van der Waals surface area contributed by atoms with Crippen LogP contribution < -0.4 is 5.32 Å². The molecule has 106 valence electrons. The zero-order chi connectivity index (χ0) is 13.8. The van der Waals surface area contributed by atoms with Crippen LogP contribution in [0, 0.1) is 5.92 Å². The first-order valence-corrected chi connectivity index (χ1v) is 7.84. The molecule has 1 N–H and O–H groups in total. The van der Waals surface area contributed by atoms with Gasteiger partial charge in [0.1, 0.15) is 0 Å². The van der Waals surface area contributed by atoms with E-state index in [1.54, 1.807) is 11.3 Å². The van der Waals surface area contributed by atoms with Crippen LogP contribution >= 0.6 is 11.3 Å². The molecule has 0 spiro atoms.